The van der Waals surface area contributed by atoms with E-state index in [0.29, 0.717) is 69.2 Å². The highest BCUT2D eigenvalue weighted by Gasteiger charge is 2.08. The van der Waals surface area contributed by atoms with Crippen molar-refractivity contribution in [1.29, 1.82) is 0 Å². The Labute approximate surface area is 494 Å². The van der Waals surface area contributed by atoms with Crippen LogP contribution in [0.25, 0.3) is 0 Å². The number of hydrogen-bond acceptors (Lipinski definition) is 6. The van der Waals surface area contributed by atoms with Gasteiger partial charge in [0.2, 0.25) is 0 Å². The van der Waals surface area contributed by atoms with Crippen LogP contribution < -0.4 is 0 Å². The van der Waals surface area contributed by atoms with E-state index in [-0.39, 0.29) is 0 Å². The van der Waals surface area contributed by atoms with Gasteiger partial charge in [0.15, 0.2) is 0 Å². The van der Waals surface area contributed by atoms with Crippen LogP contribution >= 0.6 is 0 Å². The van der Waals surface area contributed by atoms with Crippen molar-refractivity contribution in [2.75, 3.05) is 39.6 Å². The van der Waals surface area contributed by atoms with E-state index < -0.39 is 0 Å². The fourth-order valence-corrected chi connectivity index (χ4v) is 9.92. The minimum absolute atomic E-state index is 0.357. The molecule has 0 amide bonds. The highest BCUT2D eigenvalue weighted by molar-refractivity contribution is 4.61. The number of rotatable bonds is 55. The van der Waals surface area contributed by atoms with Gasteiger partial charge < -0.3 is 30.6 Å². The smallest absolute Gasteiger partial charge is 0.0459 e. The predicted octanol–water partition coefficient (Wildman–Crippen LogP) is 22.7. The number of aliphatic hydroxyl groups excluding tert-OH is 6. The van der Waals surface area contributed by atoms with Crippen LogP contribution in [0.1, 0.15) is 397 Å². The number of unbranched alkanes of at least 4 members (excludes halogenated alkanes) is 32. The summed E-state index contributed by atoms with van der Waals surface area (Å²) in [5, 5.41) is 53.6. The molecule has 0 radical (unpaired) electrons. The van der Waals surface area contributed by atoms with Gasteiger partial charge in [-0.25, -0.2) is 0 Å². The molecule has 0 aliphatic carbocycles. The number of aliphatic hydroxyl groups is 6. The van der Waals surface area contributed by atoms with Crippen molar-refractivity contribution in [2.45, 2.75) is 397 Å². The molecule has 4 unspecified atom stereocenters. The van der Waals surface area contributed by atoms with Crippen LogP contribution in [-0.4, -0.2) is 70.3 Å². The first-order valence-corrected chi connectivity index (χ1v) is 35.8. The van der Waals surface area contributed by atoms with Crippen LogP contribution in [0, 0.1) is 29.6 Å². The van der Waals surface area contributed by atoms with Gasteiger partial charge >= 0.3 is 0 Å². The van der Waals surface area contributed by atoms with E-state index >= 15 is 0 Å². The molecule has 0 spiro atoms. The third kappa shape index (κ3) is 89.6. The second-order valence-electron chi connectivity index (χ2n) is 24.2. The molecule has 480 valence electrons. The largest absolute Gasteiger partial charge is 0.396 e. The van der Waals surface area contributed by atoms with Gasteiger partial charge in [0.05, 0.1) is 0 Å². The summed E-state index contributed by atoms with van der Waals surface area (Å²) in [5.74, 6) is 2.81. The summed E-state index contributed by atoms with van der Waals surface area (Å²) in [6.07, 6.45) is 65.5. The second-order valence-corrected chi connectivity index (χ2v) is 24.2. The Hall–Kier alpha value is -0.240. The maximum atomic E-state index is 9.12. The lowest BCUT2D eigenvalue weighted by Crippen LogP contribution is -2.05. The maximum absolute atomic E-state index is 9.12. The second kappa shape index (κ2) is 88.0. The summed E-state index contributed by atoms with van der Waals surface area (Å²) < 4.78 is 0. The molecular weight excluding hydrogens is 961 g/mol. The van der Waals surface area contributed by atoms with E-state index in [2.05, 4.69) is 76.2 Å². The molecule has 0 aromatic rings. The normalized spacial score (nSPS) is 12.4. The Balaban J connectivity index is -0.000000199. The molecule has 0 saturated heterocycles. The Morgan fingerprint density at radius 1 is 0.192 bits per heavy atom. The summed E-state index contributed by atoms with van der Waals surface area (Å²) in [6.45, 7) is 26.7. The number of hydrogen-bond donors (Lipinski definition) is 6. The van der Waals surface area contributed by atoms with Crippen molar-refractivity contribution >= 4 is 0 Å². The zero-order chi connectivity index (χ0) is 59.5. The summed E-state index contributed by atoms with van der Waals surface area (Å²) >= 11 is 0. The molecular formula is C72H156O6. The summed E-state index contributed by atoms with van der Waals surface area (Å²) in [6, 6.07) is 0. The zero-order valence-electron chi connectivity index (χ0n) is 56.2. The van der Waals surface area contributed by atoms with Crippen molar-refractivity contribution in [3.05, 3.63) is 0 Å². The molecule has 0 heterocycles. The van der Waals surface area contributed by atoms with E-state index in [0.717, 1.165) is 12.8 Å². The van der Waals surface area contributed by atoms with Crippen molar-refractivity contribution in [3.63, 3.8) is 0 Å². The first-order chi connectivity index (χ1) is 38.1. The molecule has 6 N–H and O–H groups in total. The quantitative estimate of drug-likeness (QED) is 0.0338. The first-order valence-electron chi connectivity index (χ1n) is 35.8. The van der Waals surface area contributed by atoms with Gasteiger partial charge in [0, 0.05) is 39.6 Å². The molecule has 0 rings (SSSR count). The molecule has 0 aliphatic heterocycles. The molecule has 0 saturated carbocycles. The van der Waals surface area contributed by atoms with Gasteiger partial charge in [0.25, 0.3) is 0 Å². The van der Waals surface area contributed by atoms with Gasteiger partial charge in [-0.2, -0.15) is 0 Å². The zero-order valence-corrected chi connectivity index (χ0v) is 56.2. The third-order valence-corrected chi connectivity index (χ3v) is 16.0. The molecule has 0 aromatic carbocycles. The first kappa shape index (κ1) is 89.0. The average Bonchev–Trinajstić information content (AvgIpc) is 3.46. The van der Waals surface area contributed by atoms with E-state index in [1.54, 1.807) is 0 Å². The summed E-state index contributed by atoms with van der Waals surface area (Å²) in [5.41, 5.74) is 0. The highest BCUT2D eigenvalue weighted by Crippen LogP contribution is 2.20. The monoisotopic (exact) mass is 1120 g/mol. The molecule has 0 bridgehead atoms. The molecule has 0 aliphatic rings. The van der Waals surface area contributed by atoms with Gasteiger partial charge in [0.1, 0.15) is 0 Å². The lowest BCUT2D eigenvalue weighted by molar-refractivity contribution is 0.204. The lowest BCUT2D eigenvalue weighted by Gasteiger charge is -2.12. The lowest BCUT2D eigenvalue weighted by atomic mass is 9.96. The standard InChI is InChI=1S/6C12H26O/c1-3-4-5-6-7-8-9-10-12(2)11-13;1-3-5-6-7-8-9-10-12(4-2)11-13;1-3-5-6-7-8-10-12(11-13)9-4-2;1-3-5-7-8-10-12(11-13)9-6-4-2;1-3-5-7-9-12(11-13)10-8-6-4-2;1-2-3-4-5-6-7-8-9-10-11-12-13/h5*12-13H,3-11H2,1-2H3;13H,2-12H2,1H3. The van der Waals surface area contributed by atoms with Crippen molar-refractivity contribution in [3.8, 4) is 0 Å². The van der Waals surface area contributed by atoms with Crippen molar-refractivity contribution < 1.29 is 30.6 Å². The van der Waals surface area contributed by atoms with E-state index in [9.17, 15) is 0 Å². The van der Waals surface area contributed by atoms with Crippen molar-refractivity contribution in [1.82, 2.24) is 0 Å². The average molecular weight is 1120 g/mol. The van der Waals surface area contributed by atoms with E-state index in [1.165, 1.54) is 308 Å². The highest BCUT2D eigenvalue weighted by atomic mass is 16.3. The Bertz CT molecular complexity index is 880. The molecule has 6 heteroatoms. The molecule has 0 fully saturated rings. The van der Waals surface area contributed by atoms with Crippen molar-refractivity contribution in [2.24, 2.45) is 29.6 Å². The Morgan fingerprint density at radius 3 is 0.679 bits per heavy atom. The summed E-state index contributed by atoms with van der Waals surface area (Å²) in [7, 11) is 0. The maximum Gasteiger partial charge on any atom is 0.0459 e. The van der Waals surface area contributed by atoms with Gasteiger partial charge in [-0.15, -0.1) is 0 Å². The predicted molar refractivity (Wildman–Crippen MR) is 353 cm³/mol. The van der Waals surface area contributed by atoms with Crippen LogP contribution in [0.2, 0.25) is 0 Å². The van der Waals surface area contributed by atoms with E-state index in [4.69, 9.17) is 30.6 Å². The van der Waals surface area contributed by atoms with Gasteiger partial charge in [-0.1, -0.05) is 339 Å². The van der Waals surface area contributed by atoms with Crippen LogP contribution in [0.4, 0.5) is 0 Å². The van der Waals surface area contributed by atoms with Crippen LogP contribution in [-0.2, 0) is 0 Å². The SMILES string of the molecule is CCCCCC(CO)CCCCC.CCCCCCC(CO)CCCC.CCCCCCCC(CO)CCC.CCCCCCCCC(CC)CO.CCCCCCCCCC(C)CO.CCCCCCCCCCCCO. The fourth-order valence-electron chi connectivity index (χ4n) is 9.92. The third-order valence-electron chi connectivity index (χ3n) is 16.0. The Morgan fingerprint density at radius 2 is 0.410 bits per heavy atom. The Kier molecular flexibility index (Phi) is 100. The minimum atomic E-state index is 0.357. The minimum Gasteiger partial charge on any atom is -0.396 e. The van der Waals surface area contributed by atoms with Crippen LogP contribution in [0.5, 0.6) is 0 Å². The fraction of sp³-hybridized carbons (Fsp3) is 1.00. The van der Waals surface area contributed by atoms with Crippen LogP contribution in [0.3, 0.4) is 0 Å². The van der Waals surface area contributed by atoms with E-state index in [1.807, 2.05) is 0 Å². The molecule has 0 aromatic heterocycles. The topological polar surface area (TPSA) is 121 Å². The molecule has 78 heavy (non-hydrogen) atoms. The van der Waals surface area contributed by atoms with Crippen LogP contribution in [0.15, 0.2) is 0 Å². The summed E-state index contributed by atoms with van der Waals surface area (Å²) in [4.78, 5) is 0. The molecule has 4 atom stereocenters. The van der Waals surface area contributed by atoms with Gasteiger partial charge in [-0.05, 0) is 87.4 Å². The van der Waals surface area contributed by atoms with Gasteiger partial charge in [-0.3, -0.25) is 0 Å². The molecule has 6 nitrogen and oxygen atoms in total.